The molecule has 1 rings (SSSR count). The zero-order valence-corrected chi connectivity index (χ0v) is 5.64. The van der Waals surface area contributed by atoms with E-state index in [1.807, 2.05) is 0 Å². The molecular formula is C7H13N2. The Morgan fingerprint density at radius 3 is 2.11 bits per heavy atom. The van der Waals surface area contributed by atoms with Gasteiger partial charge in [0.05, 0.1) is 0 Å². The van der Waals surface area contributed by atoms with Crippen LogP contribution in [0.15, 0.2) is 0 Å². The van der Waals surface area contributed by atoms with Gasteiger partial charge in [-0.05, 0) is 12.8 Å². The number of hydrazine groups is 1. The summed E-state index contributed by atoms with van der Waals surface area (Å²) < 4.78 is 0. The summed E-state index contributed by atoms with van der Waals surface area (Å²) in [6, 6.07) is 0.332. The van der Waals surface area contributed by atoms with Crippen molar-refractivity contribution in [3.63, 3.8) is 0 Å². The van der Waals surface area contributed by atoms with Gasteiger partial charge >= 0.3 is 0 Å². The summed E-state index contributed by atoms with van der Waals surface area (Å²) in [5, 5.41) is 1.11. The second kappa shape index (κ2) is 3.18. The highest BCUT2D eigenvalue weighted by Crippen LogP contribution is 2.19. The molecule has 1 fully saturated rings. The van der Waals surface area contributed by atoms with Crippen molar-refractivity contribution in [2.45, 2.75) is 38.1 Å². The van der Waals surface area contributed by atoms with E-state index in [4.69, 9.17) is 12.9 Å². The molecule has 0 unspecified atom stereocenters. The fourth-order valence-corrected chi connectivity index (χ4v) is 1.36. The average Bonchev–Trinajstić information content (AvgIpc) is 1.90. The maximum absolute atomic E-state index is 7.08. The van der Waals surface area contributed by atoms with Gasteiger partial charge in [0.2, 0.25) is 0 Å². The summed E-state index contributed by atoms with van der Waals surface area (Å²) in [4.78, 5) is 0. The molecule has 0 aromatic carbocycles. The Labute approximate surface area is 57.0 Å². The molecule has 0 saturated heterocycles. The third-order valence-electron chi connectivity index (χ3n) is 1.97. The second-order valence-electron chi connectivity index (χ2n) is 2.70. The van der Waals surface area contributed by atoms with E-state index in [0.717, 1.165) is 17.9 Å². The lowest BCUT2D eigenvalue weighted by Gasteiger charge is -2.26. The van der Waals surface area contributed by atoms with Gasteiger partial charge in [-0.2, -0.15) is 0 Å². The normalized spacial score (nSPS) is 23.0. The monoisotopic (exact) mass is 125 g/mol. The molecule has 2 nitrogen and oxygen atoms in total. The molecule has 0 atom stereocenters. The summed E-state index contributed by atoms with van der Waals surface area (Å²) in [7, 11) is 7.08. The Kier molecular flexibility index (Phi) is 2.49. The zero-order chi connectivity index (χ0) is 6.69. The van der Waals surface area contributed by atoms with Crippen LogP contribution >= 0.6 is 0 Å². The Bertz CT molecular complexity index is 75.0. The van der Waals surface area contributed by atoms with Crippen molar-refractivity contribution in [2.24, 2.45) is 5.84 Å². The Balaban J connectivity index is 2.23. The topological polar surface area (TPSA) is 29.3 Å². The minimum atomic E-state index is 0.332. The molecule has 9 heavy (non-hydrogen) atoms. The van der Waals surface area contributed by atoms with Crippen molar-refractivity contribution in [3.05, 3.63) is 7.05 Å². The quantitative estimate of drug-likeness (QED) is 0.419. The molecule has 51 valence electrons. The summed E-state index contributed by atoms with van der Waals surface area (Å²) >= 11 is 0. The van der Waals surface area contributed by atoms with Gasteiger partial charge in [-0.15, -0.1) is 0 Å². The minimum absolute atomic E-state index is 0.332. The van der Waals surface area contributed by atoms with Gasteiger partial charge in [0, 0.05) is 6.04 Å². The molecule has 0 heterocycles. The Hall–Kier alpha value is -0.0800. The predicted molar refractivity (Wildman–Crippen MR) is 36.1 cm³/mol. The maximum atomic E-state index is 7.08. The molecule has 0 aliphatic heterocycles. The molecule has 0 amide bonds. The summed E-state index contributed by atoms with van der Waals surface area (Å²) in [6.45, 7) is 0. The van der Waals surface area contributed by atoms with E-state index in [-0.39, 0.29) is 0 Å². The molecule has 0 bridgehead atoms. The number of hydrogen-bond donors (Lipinski definition) is 1. The van der Waals surface area contributed by atoms with Crippen LogP contribution in [0.2, 0.25) is 0 Å². The largest absolute Gasteiger partial charge is 0.268 e. The Morgan fingerprint density at radius 1 is 1.22 bits per heavy atom. The van der Waals surface area contributed by atoms with Crippen LogP contribution in [-0.4, -0.2) is 11.1 Å². The smallest absolute Gasteiger partial charge is 0.107 e. The average molecular weight is 125 g/mol. The highest BCUT2D eigenvalue weighted by atomic mass is 15.4. The van der Waals surface area contributed by atoms with Crippen LogP contribution in [0.25, 0.3) is 0 Å². The van der Waals surface area contributed by atoms with Crippen LogP contribution in [0.1, 0.15) is 32.1 Å². The fraction of sp³-hybridized carbons (Fsp3) is 0.857. The maximum Gasteiger partial charge on any atom is 0.107 e. The van der Waals surface area contributed by atoms with Gasteiger partial charge in [-0.1, -0.05) is 19.3 Å². The van der Waals surface area contributed by atoms with Gasteiger partial charge in [-0.25, -0.2) is 5.01 Å². The molecule has 1 aliphatic rings. The standard InChI is InChI=1S/C7H13N2/c1-9(8)7-5-3-2-4-6-7/h7H,2-6,8H2. The highest BCUT2D eigenvalue weighted by Gasteiger charge is 2.15. The summed E-state index contributed by atoms with van der Waals surface area (Å²) in [5.74, 6) is 5.27. The second-order valence-corrected chi connectivity index (χ2v) is 2.70. The first-order valence-corrected chi connectivity index (χ1v) is 3.56. The van der Waals surface area contributed by atoms with Crippen molar-refractivity contribution in [2.75, 3.05) is 0 Å². The molecule has 2 heteroatoms. The molecule has 1 saturated carbocycles. The first-order chi connectivity index (χ1) is 4.30. The number of nitrogens with two attached hydrogens (primary N) is 1. The molecule has 0 aromatic heterocycles. The number of nitrogens with zero attached hydrogens (tertiary/aromatic N) is 1. The fourth-order valence-electron chi connectivity index (χ4n) is 1.36. The summed E-state index contributed by atoms with van der Waals surface area (Å²) in [5.41, 5.74) is 0. The van der Waals surface area contributed by atoms with Crippen LogP contribution in [0.4, 0.5) is 0 Å². The van der Waals surface area contributed by atoms with Gasteiger partial charge in [0.1, 0.15) is 7.05 Å². The van der Waals surface area contributed by atoms with Crippen molar-refractivity contribution in [1.29, 1.82) is 0 Å². The molecule has 2 N–H and O–H groups in total. The van der Waals surface area contributed by atoms with E-state index in [9.17, 15) is 0 Å². The van der Waals surface area contributed by atoms with E-state index in [1.165, 1.54) is 19.3 Å². The Morgan fingerprint density at radius 2 is 1.78 bits per heavy atom. The van der Waals surface area contributed by atoms with Crippen LogP contribution in [0.3, 0.4) is 0 Å². The van der Waals surface area contributed by atoms with Gasteiger partial charge in [0.25, 0.3) is 0 Å². The van der Waals surface area contributed by atoms with Crippen molar-refractivity contribution in [1.82, 2.24) is 5.01 Å². The van der Waals surface area contributed by atoms with Crippen LogP contribution < -0.4 is 5.84 Å². The predicted octanol–water partition coefficient (Wildman–Crippen LogP) is 1.04. The third-order valence-corrected chi connectivity index (χ3v) is 1.97. The molecule has 0 aromatic rings. The lowest BCUT2D eigenvalue weighted by atomic mass is 9.95. The minimum Gasteiger partial charge on any atom is -0.268 e. The lowest BCUT2D eigenvalue weighted by molar-refractivity contribution is 0.218. The van der Waals surface area contributed by atoms with E-state index in [2.05, 4.69) is 0 Å². The van der Waals surface area contributed by atoms with E-state index >= 15 is 0 Å². The van der Waals surface area contributed by atoms with E-state index in [1.54, 1.807) is 0 Å². The van der Waals surface area contributed by atoms with E-state index in [0.29, 0.717) is 6.04 Å². The first-order valence-electron chi connectivity index (χ1n) is 3.56. The molecule has 3 radical (unpaired) electrons. The van der Waals surface area contributed by atoms with Crippen molar-refractivity contribution >= 4 is 0 Å². The third kappa shape index (κ3) is 1.95. The molecule has 1 aliphatic carbocycles. The molecular weight excluding hydrogens is 112 g/mol. The molecule has 0 spiro atoms. The van der Waals surface area contributed by atoms with Crippen molar-refractivity contribution < 1.29 is 0 Å². The van der Waals surface area contributed by atoms with E-state index < -0.39 is 0 Å². The zero-order valence-electron chi connectivity index (χ0n) is 5.64. The van der Waals surface area contributed by atoms with Crippen LogP contribution in [-0.2, 0) is 0 Å². The number of hydrogen-bond acceptors (Lipinski definition) is 2. The SMILES string of the molecule is [C]N(N)C1CCCCC1. The van der Waals surface area contributed by atoms with Crippen LogP contribution in [0.5, 0.6) is 0 Å². The van der Waals surface area contributed by atoms with Gasteiger partial charge < -0.3 is 0 Å². The lowest BCUT2D eigenvalue weighted by Crippen LogP contribution is -2.36. The number of rotatable bonds is 1. The van der Waals surface area contributed by atoms with Crippen LogP contribution in [0, 0.1) is 7.05 Å². The van der Waals surface area contributed by atoms with Crippen molar-refractivity contribution in [3.8, 4) is 0 Å². The van der Waals surface area contributed by atoms with Gasteiger partial charge in [-0.3, -0.25) is 5.84 Å². The first kappa shape index (κ1) is 7.03. The van der Waals surface area contributed by atoms with Gasteiger partial charge in [0.15, 0.2) is 0 Å². The highest BCUT2D eigenvalue weighted by molar-refractivity contribution is 4.71. The summed E-state index contributed by atoms with van der Waals surface area (Å²) in [6.07, 6.45) is 6.04.